The quantitative estimate of drug-likeness (QED) is 0.296. The number of terminal acetylenes is 1. The molecule has 3 aromatic carbocycles. The first kappa shape index (κ1) is 19.1. The molecule has 0 aliphatic heterocycles. The number of anilines is 2. The maximum absolute atomic E-state index is 6.43. The third-order valence-corrected chi connectivity index (χ3v) is 5.31. The minimum absolute atomic E-state index is 0.477. The van der Waals surface area contributed by atoms with Gasteiger partial charge in [0.2, 0.25) is 0 Å². The van der Waals surface area contributed by atoms with Gasteiger partial charge < -0.3 is 10.1 Å². The highest BCUT2D eigenvalue weighted by atomic mass is 35.5. The molecular weight excluding hydrogens is 402 g/mol. The van der Waals surface area contributed by atoms with E-state index in [0.717, 1.165) is 21.5 Å². The molecule has 0 fully saturated rings. The maximum Gasteiger partial charge on any atom is 0.146 e. The Bertz CT molecular complexity index is 1220. The number of hydrogen-bond acceptors (Lipinski definition) is 5. The summed E-state index contributed by atoms with van der Waals surface area (Å²) in [5.41, 5.74) is 2.34. The Hall–Kier alpha value is -3.20. The zero-order valence-corrected chi connectivity index (χ0v) is 17.1. The first-order chi connectivity index (χ1) is 14.2. The molecule has 0 spiro atoms. The van der Waals surface area contributed by atoms with Crippen molar-refractivity contribution in [3.8, 4) is 23.8 Å². The highest BCUT2D eigenvalue weighted by Crippen LogP contribution is 2.35. The molecule has 0 saturated heterocycles. The Morgan fingerprint density at radius 1 is 1.07 bits per heavy atom. The van der Waals surface area contributed by atoms with Gasteiger partial charge in [-0.05, 0) is 60.9 Å². The van der Waals surface area contributed by atoms with Gasteiger partial charge in [0.15, 0.2) is 0 Å². The third kappa shape index (κ3) is 4.29. The number of aromatic nitrogens is 2. The third-order valence-electron chi connectivity index (χ3n) is 4.27. The van der Waals surface area contributed by atoms with Crippen molar-refractivity contribution in [2.24, 2.45) is 0 Å². The average molecular weight is 418 g/mol. The van der Waals surface area contributed by atoms with Crippen LogP contribution in [0.3, 0.4) is 0 Å². The molecule has 4 aromatic rings. The van der Waals surface area contributed by atoms with Crippen LogP contribution in [0.2, 0.25) is 5.02 Å². The molecule has 0 amide bonds. The number of thioether (sulfide) groups is 1. The summed E-state index contributed by atoms with van der Waals surface area (Å²) in [6.07, 6.45) is 9.02. The van der Waals surface area contributed by atoms with Gasteiger partial charge in [0.1, 0.15) is 23.6 Å². The Kier molecular flexibility index (Phi) is 5.57. The largest absolute Gasteiger partial charge is 0.456 e. The van der Waals surface area contributed by atoms with Gasteiger partial charge in [-0.25, -0.2) is 9.97 Å². The second-order valence-electron chi connectivity index (χ2n) is 6.15. The van der Waals surface area contributed by atoms with E-state index in [0.29, 0.717) is 27.9 Å². The topological polar surface area (TPSA) is 47.0 Å². The highest BCUT2D eigenvalue weighted by Gasteiger charge is 2.11. The van der Waals surface area contributed by atoms with Gasteiger partial charge in [-0.15, -0.1) is 18.2 Å². The fourth-order valence-electron chi connectivity index (χ4n) is 2.83. The summed E-state index contributed by atoms with van der Waals surface area (Å²) in [6, 6.07) is 19.0. The zero-order chi connectivity index (χ0) is 20.2. The van der Waals surface area contributed by atoms with E-state index in [1.165, 1.54) is 6.33 Å². The van der Waals surface area contributed by atoms with E-state index < -0.39 is 0 Å². The molecule has 6 heteroatoms. The minimum Gasteiger partial charge on any atom is -0.456 e. The smallest absolute Gasteiger partial charge is 0.146 e. The van der Waals surface area contributed by atoms with Gasteiger partial charge >= 0.3 is 0 Å². The highest BCUT2D eigenvalue weighted by molar-refractivity contribution is 7.98. The van der Waals surface area contributed by atoms with Gasteiger partial charge in [-0.3, -0.25) is 0 Å². The Labute approximate surface area is 178 Å². The van der Waals surface area contributed by atoms with Crippen molar-refractivity contribution < 1.29 is 4.74 Å². The van der Waals surface area contributed by atoms with Crippen LogP contribution in [-0.2, 0) is 0 Å². The number of rotatable bonds is 5. The number of fused-ring (bicyclic) bond motifs is 1. The molecule has 0 aliphatic rings. The van der Waals surface area contributed by atoms with Crippen molar-refractivity contribution in [2.45, 2.75) is 4.90 Å². The SMILES string of the molecule is C#Cc1cccc(Nc2ncnc3cc(Cl)c(Oc4ccc(SC)cc4)cc23)c1. The number of benzene rings is 3. The standard InChI is InChI=1S/C23H16ClN3OS/c1-3-15-5-4-6-16(11-15)27-23-19-12-22(20(24)13-21(19)25-14-26-23)28-17-7-9-18(29-2)10-8-17/h1,4-14H,2H3,(H,25,26,27). The van der Waals surface area contributed by atoms with E-state index in [4.69, 9.17) is 22.8 Å². The molecule has 0 bridgehead atoms. The van der Waals surface area contributed by atoms with Gasteiger partial charge in [0.25, 0.3) is 0 Å². The number of ether oxygens (including phenoxy) is 1. The van der Waals surface area contributed by atoms with E-state index in [2.05, 4.69) is 21.2 Å². The second-order valence-corrected chi connectivity index (χ2v) is 7.44. The molecule has 0 aliphatic carbocycles. The Morgan fingerprint density at radius 2 is 1.90 bits per heavy atom. The lowest BCUT2D eigenvalue weighted by Gasteiger charge is -2.12. The Balaban J connectivity index is 1.70. The molecule has 1 N–H and O–H groups in total. The van der Waals surface area contributed by atoms with Crippen LogP contribution in [0.15, 0.2) is 71.9 Å². The van der Waals surface area contributed by atoms with Gasteiger partial charge in [-0.1, -0.05) is 23.6 Å². The van der Waals surface area contributed by atoms with Crippen LogP contribution in [0.5, 0.6) is 11.5 Å². The van der Waals surface area contributed by atoms with Crippen molar-refractivity contribution in [2.75, 3.05) is 11.6 Å². The van der Waals surface area contributed by atoms with Crippen LogP contribution >= 0.6 is 23.4 Å². The zero-order valence-electron chi connectivity index (χ0n) is 15.5. The first-order valence-electron chi connectivity index (χ1n) is 8.76. The molecule has 1 aromatic heterocycles. The molecule has 0 saturated carbocycles. The average Bonchev–Trinajstić information content (AvgIpc) is 2.75. The van der Waals surface area contributed by atoms with Crippen molar-refractivity contribution in [3.05, 3.63) is 77.6 Å². The lowest BCUT2D eigenvalue weighted by Crippen LogP contribution is -1.97. The van der Waals surface area contributed by atoms with Crippen molar-refractivity contribution in [1.29, 1.82) is 0 Å². The summed E-state index contributed by atoms with van der Waals surface area (Å²) < 4.78 is 6.01. The maximum atomic E-state index is 6.43. The summed E-state index contributed by atoms with van der Waals surface area (Å²) in [5, 5.41) is 4.57. The monoisotopic (exact) mass is 417 g/mol. The van der Waals surface area contributed by atoms with Crippen molar-refractivity contribution in [3.63, 3.8) is 0 Å². The van der Waals surface area contributed by atoms with Crippen LogP contribution in [0.4, 0.5) is 11.5 Å². The fourth-order valence-corrected chi connectivity index (χ4v) is 3.43. The van der Waals surface area contributed by atoms with Crippen molar-refractivity contribution >= 4 is 45.8 Å². The van der Waals surface area contributed by atoms with E-state index in [9.17, 15) is 0 Å². The molecule has 29 heavy (non-hydrogen) atoms. The summed E-state index contributed by atoms with van der Waals surface area (Å²) in [5.74, 6) is 4.51. The normalized spacial score (nSPS) is 10.5. The first-order valence-corrected chi connectivity index (χ1v) is 10.4. The number of nitrogens with one attached hydrogen (secondary N) is 1. The molecule has 4 rings (SSSR count). The number of nitrogens with zero attached hydrogens (tertiary/aromatic N) is 2. The number of halogens is 1. The lowest BCUT2D eigenvalue weighted by molar-refractivity contribution is 0.483. The minimum atomic E-state index is 0.477. The molecule has 0 radical (unpaired) electrons. The molecule has 1 heterocycles. The fraction of sp³-hybridized carbons (Fsp3) is 0.0435. The van der Waals surface area contributed by atoms with Gasteiger partial charge in [0, 0.05) is 21.5 Å². The Morgan fingerprint density at radius 3 is 2.66 bits per heavy atom. The number of hydrogen-bond donors (Lipinski definition) is 1. The van der Waals surface area contributed by atoms with Crippen LogP contribution in [0.25, 0.3) is 10.9 Å². The van der Waals surface area contributed by atoms with Crippen molar-refractivity contribution in [1.82, 2.24) is 9.97 Å². The summed E-state index contributed by atoms with van der Waals surface area (Å²) >= 11 is 8.11. The van der Waals surface area contributed by atoms with Crippen LogP contribution in [-0.4, -0.2) is 16.2 Å². The van der Waals surface area contributed by atoms with E-state index >= 15 is 0 Å². The molecule has 142 valence electrons. The van der Waals surface area contributed by atoms with Crippen LogP contribution in [0.1, 0.15) is 5.56 Å². The molecular formula is C23H16ClN3OS. The van der Waals surface area contributed by atoms with E-state index in [1.807, 2.05) is 60.9 Å². The van der Waals surface area contributed by atoms with E-state index in [1.54, 1.807) is 17.8 Å². The lowest BCUT2D eigenvalue weighted by atomic mass is 10.2. The molecule has 0 atom stereocenters. The van der Waals surface area contributed by atoms with Gasteiger partial charge in [0.05, 0.1) is 10.5 Å². The summed E-state index contributed by atoms with van der Waals surface area (Å²) in [4.78, 5) is 9.87. The predicted molar refractivity (Wildman–Crippen MR) is 121 cm³/mol. The van der Waals surface area contributed by atoms with E-state index in [-0.39, 0.29) is 0 Å². The molecule has 4 nitrogen and oxygen atoms in total. The predicted octanol–water partition coefficient (Wildman–Crippen LogP) is 6.52. The summed E-state index contributed by atoms with van der Waals surface area (Å²) in [6.45, 7) is 0. The van der Waals surface area contributed by atoms with Crippen LogP contribution < -0.4 is 10.1 Å². The second kappa shape index (κ2) is 8.44. The molecule has 0 unspecified atom stereocenters. The van der Waals surface area contributed by atoms with Gasteiger partial charge in [-0.2, -0.15) is 0 Å². The summed E-state index contributed by atoms with van der Waals surface area (Å²) in [7, 11) is 0. The van der Waals surface area contributed by atoms with Crippen LogP contribution in [0, 0.1) is 12.3 Å².